The fourth-order valence-corrected chi connectivity index (χ4v) is 2.27. The van der Waals surface area contributed by atoms with Crippen molar-refractivity contribution in [2.75, 3.05) is 18.1 Å². The highest BCUT2D eigenvalue weighted by atomic mass is 16.5. The van der Waals surface area contributed by atoms with Crippen LogP contribution in [0.4, 0.5) is 5.82 Å². The van der Waals surface area contributed by atoms with Gasteiger partial charge in [-0.05, 0) is 45.2 Å². The van der Waals surface area contributed by atoms with Crippen molar-refractivity contribution in [3.8, 4) is 6.07 Å². The second-order valence-electron chi connectivity index (χ2n) is 5.06. The van der Waals surface area contributed by atoms with Crippen molar-refractivity contribution >= 4 is 11.8 Å². The van der Waals surface area contributed by atoms with Gasteiger partial charge < -0.3 is 9.64 Å². The van der Waals surface area contributed by atoms with Gasteiger partial charge in [-0.1, -0.05) is 0 Å². The Morgan fingerprint density at radius 1 is 1.55 bits per heavy atom. The fraction of sp³-hybridized carbons (Fsp3) is 0.533. The zero-order valence-electron chi connectivity index (χ0n) is 12.1. The third kappa shape index (κ3) is 3.08. The Hall–Kier alpha value is -2.09. The molecule has 0 saturated heterocycles. The van der Waals surface area contributed by atoms with Gasteiger partial charge in [0.2, 0.25) is 0 Å². The molecule has 0 unspecified atom stereocenters. The van der Waals surface area contributed by atoms with Gasteiger partial charge >= 0.3 is 5.97 Å². The molecule has 0 aliphatic heterocycles. The summed E-state index contributed by atoms with van der Waals surface area (Å²) in [4.78, 5) is 18.1. The highest BCUT2D eigenvalue weighted by molar-refractivity contribution is 5.77. The third-order valence-electron chi connectivity index (χ3n) is 3.30. The summed E-state index contributed by atoms with van der Waals surface area (Å²) in [6.45, 7) is 6.10. The highest BCUT2D eigenvalue weighted by Gasteiger charge is 2.33. The molecule has 1 aromatic heterocycles. The number of nitrogens with zero attached hydrogens (tertiary/aromatic N) is 3. The first-order valence-electron chi connectivity index (χ1n) is 6.87. The van der Waals surface area contributed by atoms with E-state index in [9.17, 15) is 10.1 Å². The van der Waals surface area contributed by atoms with Crippen molar-refractivity contribution in [2.24, 2.45) is 0 Å². The molecule has 0 radical (unpaired) electrons. The average Bonchev–Trinajstić information content (AvgIpc) is 3.19. The second kappa shape index (κ2) is 5.91. The van der Waals surface area contributed by atoms with Crippen molar-refractivity contribution in [1.29, 1.82) is 5.26 Å². The van der Waals surface area contributed by atoms with Gasteiger partial charge in [0.05, 0.1) is 12.2 Å². The van der Waals surface area contributed by atoms with Crippen LogP contribution >= 0.6 is 0 Å². The maximum atomic E-state index is 11.8. The first kappa shape index (κ1) is 14.3. The quantitative estimate of drug-likeness (QED) is 0.769. The Labute approximate surface area is 119 Å². The Balaban J connectivity index is 2.34. The predicted octanol–water partition coefficient (Wildman–Crippen LogP) is 2.10. The molecule has 5 nitrogen and oxygen atoms in total. The van der Waals surface area contributed by atoms with Gasteiger partial charge in [-0.15, -0.1) is 0 Å². The van der Waals surface area contributed by atoms with Crippen molar-refractivity contribution in [3.05, 3.63) is 22.9 Å². The van der Waals surface area contributed by atoms with Gasteiger partial charge in [-0.25, -0.2) is 4.98 Å². The molecule has 5 heteroatoms. The number of nitriles is 1. The molecule has 0 spiro atoms. The van der Waals surface area contributed by atoms with Gasteiger partial charge in [0.15, 0.2) is 0 Å². The molecular formula is C15H19N3O2. The predicted molar refractivity (Wildman–Crippen MR) is 75.4 cm³/mol. The number of hydrogen-bond acceptors (Lipinski definition) is 5. The van der Waals surface area contributed by atoms with Crippen molar-refractivity contribution in [1.82, 2.24) is 4.98 Å². The summed E-state index contributed by atoms with van der Waals surface area (Å²) in [6, 6.07) is 4.38. The van der Waals surface area contributed by atoms with E-state index in [1.165, 1.54) is 0 Å². The molecule has 0 aromatic carbocycles. The topological polar surface area (TPSA) is 66.2 Å². The minimum Gasteiger partial charge on any atom is -0.465 e. The lowest BCUT2D eigenvalue weighted by Gasteiger charge is -2.24. The molecular weight excluding hydrogens is 254 g/mol. The van der Waals surface area contributed by atoms with E-state index in [4.69, 9.17) is 4.74 Å². The Kier molecular flexibility index (Phi) is 4.23. The average molecular weight is 273 g/mol. The minimum absolute atomic E-state index is 0.156. The molecule has 2 rings (SSSR count). The fourth-order valence-electron chi connectivity index (χ4n) is 2.27. The minimum atomic E-state index is -0.274. The van der Waals surface area contributed by atoms with Gasteiger partial charge in [0.1, 0.15) is 18.4 Å². The number of carbonyl (C=O) groups is 1. The molecule has 0 amide bonds. The van der Waals surface area contributed by atoms with E-state index < -0.39 is 0 Å². The van der Waals surface area contributed by atoms with Gasteiger partial charge in [0.25, 0.3) is 0 Å². The standard InChI is InChI=1S/C15H19N3O2/c1-4-20-14(19)9-18(12-5-6-12)15-13(8-16)10(2)7-11(3)17-15/h7,12H,4-6,9H2,1-3H3. The van der Waals surface area contributed by atoms with Crippen LogP contribution < -0.4 is 4.90 Å². The normalized spacial score (nSPS) is 13.7. The van der Waals surface area contributed by atoms with Crippen LogP contribution in [0.25, 0.3) is 0 Å². The molecule has 1 aliphatic carbocycles. The molecule has 1 aliphatic rings. The van der Waals surface area contributed by atoms with Crippen LogP contribution in [0.15, 0.2) is 6.07 Å². The number of aromatic nitrogens is 1. The van der Waals surface area contributed by atoms with Crippen LogP contribution in [0.3, 0.4) is 0 Å². The molecule has 1 aromatic rings. The van der Waals surface area contributed by atoms with Gasteiger partial charge in [-0.3, -0.25) is 4.79 Å². The Morgan fingerprint density at radius 3 is 2.80 bits per heavy atom. The lowest BCUT2D eigenvalue weighted by Crippen LogP contribution is -2.34. The van der Waals surface area contributed by atoms with E-state index >= 15 is 0 Å². The van der Waals surface area contributed by atoms with Crippen LogP contribution in [-0.4, -0.2) is 30.1 Å². The van der Waals surface area contributed by atoms with Gasteiger partial charge in [-0.2, -0.15) is 5.26 Å². The molecule has 0 atom stereocenters. The van der Waals surface area contributed by atoms with Crippen LogP contribution in [0, 0.1) is 25.2 Å². The zero-order chi connectivity index (χ0) is 14.7. The van der Waals surface area contributed by atoms with Crippen LogP contribution in [0.1, 0.15) is 36.6 Å². The summed E-state index contributed by atoms with van der Waals surface area (Å²) in [6.07, 6.45) is 2.05. The SMILES string of the molecule is CCOC(=O)CN(c1nc(C)cc(C)c1C#N)C1CC1. The largest absolute Gasteiger partial charge is 0.465 e. The van der Waals surface area contributed by atoms with E-state index in [2.05, 4.69) is 11.1 Å². The van der Waals surface area contributed by atoms with Crippen LogP contribution in [0.2, 0.25) is 0 Å². The zero-order valence-corrected chi connectivity index (χ0v) is 12.1. The molecule has 0 N–H and O–H groups in total. The first-order valence-corrected chi connectivity index (χ1v) is 6.87. The Bertz CT molecular complexity index is 559. The second-order valence-corrected chi connectivity index (χ2v) is 5.06. The number of esters is 1. The van der Waals surface area contributed by atoms with Crippen LogP contribution in [-0.2, 0) is 9.53 Å². The lowest BCUT2D eigenvalue weighted by atomic mass is 10.1. The molecule has 106 valence electrons. The van der Waals surface area contributed by atoms with E-state index in [-0.39, 0.29) is 12.5 Å². The number of ether oxygens (including phenoxy) is 1. The van der Waals surface area contributed by atoms with E-state index in [0.717, 1.165) is 24.1 Å². The number of hydrogen-bond donors (Lipinski definition) is 0. The maximum Gasteiger partial charge on any atom is 0.325 e. The number of anilines is 1. The Morgan fingerprint density at radius 2 is 2.25 bits per heavy atom. The summed E-state index contributed by atoms with van der Waals surface area (Å²) < 4.78 is 5.01. The van der Waals surface area contributed by atoms with Crippen molar-refractivity contribution in [3.63, 3.8) is 0 Å². The summed E-state index contributed by atoms with van der Waals surface area (Å²) >= 11 is 0. The van der Waals surface area contributed by atoms with E-state index in [0.29, 0.717) is 24.0 Å². The number of rotatable bonds is 5. The van der Waals surface area contributed by atoms with Crippen molar-refractivity contribution in [2.45, 2.75) is 39.7 Å². The van der Waals surface area contributed by atoms with E-state index in [1.54, 1.807) is 6.92 Å². The van der Waals surface area contributed by atoms with Gasteiger partial charge in [0, 0.05) is 11.7 Å². The lowest BCUT2D eigenvalue weighted by molar-refractivity contribution is -0.141. The monoisotopic (exact) mass is 273 g/mol. The molecule has 20 heavy (non-hydrogen) atoms. The molecule has 0 bridgehead atoms. The number of pyridine rings is 1. The van der Waals surface area contributed by atoms with Crippen molar-refractivity contribution < 1.29 is 9.53 Å². The summed E-state index contributed by atoms with van der Waals surface area (Å²) in [5, 5.41) is 9.35. The molecule has 1 fully saturated rings. The smallest absolute Gasteiger partial charge is 0.325 e. The summed E-state index contributed by atoms with van der Waals surface area (Å²) in [5.74, 6) is 0.338. The summed E-state index contributed by atoms with van der Waals surface area (Å²) in [5.41, 5.74) is 2.29. The molecule has 1 heterocycles. The highest BCUT2D eigenvalue weighted by Crippen LogP contribution is 2.33. The number of aryl methyl sites for hydroxylation is 2. The maximum absolute atomic E-state index is 11.8. The van der Waals surface area contributed by atoms with Crippen LogP contribution in [0.5, 0.6) is 0 Å². The summed E-state index contributed by atoms with van der Waals surface area (Å²) in [7, 11) is 0. The molecule has 1 saturated carbocycles. The van der Waals surface area contributed by atoms with E-state index in [1.807, 2.05) is 24.8 Å². The number of carbonyl (C=O) groups excluding carboxylic acids is 1. The first-order chi connectivity index (χ1) is 9.56. The third-order valence-corrected chi connectivity index (χ3v) is 3.30.